The molecule has 1 amide bonds. The number of nitrogens with one attached hydrogen (secondary N) is 1. The maximum Gasteiger partial charge on any atom is 0.222 e. The fourth-order valence-corrected chi connectivity index (χ4v) is 1.77. The Morgan fingerprint density at radius 3 is 2.86 bits per heavy atom. The lowest BCUT2D eigenvalue weighted by molar-refractivity contribution is -0.122. The Morgan fingerprint density at radius 2 is 2.29 bits per heavy atom. The summed E-state index contributed by atoms with van der Waals surface area (Å²) in [5.74, 6) is -0.0889. The molecule has 1 aromatic carbocycles. The Kier molecular flexibility index (Phi) is 2.04. The van der Waals surface area contributed by atoms with Crippen LogP contribution in [0.15, 0.2) is 24.3 Å². The molecule has 0 aromatic heterocycles. The molecule has 1 heterocycles. The number of aliphatic hydroxyl groups is 1. The van der Waals surface area contributed by atoms with Gasteiger partial charge in [-0.15, -0.1) is 0 Å². The maximum absolute atomic E-state index is 11.0. The summed E-state index contributed by atoms with van der Waals surface area (Å²) in [6, 6.07) is 7.57. The first-order valence-electron chi connectivity index (χ1n) is 4.71. The molecule has 0 aliphatic carbocycles. The second-order valence-corrected chi connectivity index (χ2v) is 3.78. The van der Waals surface area contributed by atoms with Gasteiger partial charge in [-0.25, -0.2) is 0 Å². The van der Waals surface area contributed by atoms with Crippen LogP contribution in [0.3, 0.4) is 0 Å². The molecule has 1 atom stereocenters. The third kappa shape index (κ3) is 1.51. The summed E-state index contributed by atoms with van der Waals surface area (Å²) in [5, 5.41) is 12.7. The van der Waals surface area contributed by atoms with E-state index in [0.29, 0.717) is 12.8 Å². The lowest BCUT2D eigenvalue weighted by Gasteiger charge is -2.23. The molecule has 14 heavy (non-hydrogen) atoms. The van der Waals surface area contributed by atoms with E-state index in [9.17, 15) is 9.90 Å². The van der Waals surface area contributed by atoms with Crippen molar-refractivity contribution in [2.24, 2.45) is 0 Å². The number of aryl methyl sites for hydroxylation is 1. The van der Waals surface area contributed by atoms with Crippen LogP contribution >= 0.6 is 0 Å². The molecule has 1 aliphatic rings. The van der Waals surface area contributed by atoms with Gasteiger partial charge in [0.15, 0.2) is 5.72 Å². The van der Waals surface area contributed by atoms with Gasteiger partial charge >= 0.3 is 0 Å². The Hall–Kier alpha value is -1.35. The molecule has 1 fully saturated rings. The van der Waals surface area contributed by atoms with Crippen LogP contribution in [0.4, 0.5) is 0 Å². The average Bonchev–Trinajstić information content (AvgIpc) is 2.48. The minimum absolute atomic E-state index is 0.0889. The van der Waals surface area contributed by atoms with E-state index in [0.717, 1.165) is 11.1 Å². The highest BCUT2D eigenvalue weighted by atomic mass is 16.3. The molecular formula is C11H13NO2. The molecule has 2 rings (SSSR count). The van der Waals surface area contributed by atoms with E-state index in [1.165, 1.54) is 0 Å². The van der Waals surface area contributed by atoms with Gasteiger partial charge < -0.3 is 10.4 Å². The Labute approximate surface area is 82.8 Å². The summed E-state index contributed by atoms with van der Waals surface area (Å²) in [6.07, 6.45) is 0.847. The van der Waals surface area contributed by atoms with Crippen molar-refractivity contribution < 1.29 is 9.90 Å². The van der Waals surface area contributed by atoms with E-state index in [2.05, 4.69) is 5.32 Å². The Balaban J connectivity index is 2.34. The van der Waals surface area contributed by atoms with Gasteiger partial charge in [-0.1, -0.05) is 29.8 Å². The third-order valence-corrected chi connectivity index (χ3v) is 2.56. The highest BCUT2D eigenvalue weighted by molar-refractivity contribution is 5.79. The predicted molar refractivity (Wildman–Crippen MR) is 52.5 cm³/mol. The standard InChI is InChI=1S/C11H13NO2/c1-8-3-2-4-9(7-8)11(14)6-5-10(13)12-11/h2-4,7,14H,5-6H2,1H3,(H,12,13). The fraction of sp³-hybridized carbons (Fsp3) is 0.364. The van der Waals surface area contributed by atoms with E-state index in [-0.39, 0.29) is 5.91 Å². The SMILES string of the molecule is Cc1cccc(C2(O)CCC(=O)N2)c1. The molecule has 1 saturated heterocycles. The van der Waals surface area contributed by atoms with Gasteiger partial charge in [0.2, 0.25) is 5.91 Å². The third-order valence-electron chi connectivity index (χ3n) is 2.56. The highest BCUT2D eigenvalue weighted by Gasteiger charge is 2.36. The van der Waals surface area contributed by atoms with Crippen molar-refractivity contribution in [1.29, 1.82) is 0 Å². The van der Waals surface area contributed by atoms with Gasteiger partial charge in [-0.05, 0) is 6.92 Å². The largest absolute Gasteiger partial charge is 0.367 e. The first-order chi connectivity index (χ1) is 6.60. The molecule has 2 N–H and O–H groups in total. The van der Waals surface area contributed by atoms with Crippen LogP contribution < -0.4 is 5.32 Å². The molecule has 1 aromatic rings. The van der Waals surface area contributed by atoms with E-state index in [4.69, 9.17) is 0 Å². The molecule has 1 unspecified atom stereocenters. The molecule has 0 spiro atoms. The molecule has 3 nitrogen and oxygen atoms in total. The molecule has 0 radical (unpaired) electrons. The minimum atomic E-state index is -1.15. The van der Waals surface area contributed by atoms with Crippen molar-refractivity contribution in [2.75, 3.05) is 0 Å². The lowest BCUT2D eigenvalue weighted by Crippen LogP contribution is -2.38. The number of benzene rings is 1. The second kappa shape index (κ2) is 3.10. The van der Waals surface area contributed by atoms with Crippen molar-refractivity contribution in [1.82, 2.24) is 5.32 Å². The molecule has 0 bridgehead atoms. The Bertz CT molecular complexity index is 375. The second-order valence-electron chi connectivity index (χ2n) is 3.78. The normalized spacial score (nSPS) is 26.3. The summed E-state index contributed by atoms with van der Waals surface area (Å²) < 4.78 is 0. The van der Waals surface area contributed by atoms with Crippen LogP contribution in [-0.2, 0) is 10.5 Å². The first-order valence-corrected chi connectivity index (χ1v) is 4.71. The van der Waals surface area contributed by atoms with E-state index in [1.807, 2.05) is 31.2 Å². The van der Waals surface area contributed by atoms with Gasteiger partial charge in [-0.3, -0.25) is 4.79 Å². The summed E-state index contributed by atoms with van der Waals surface area (Å²) in [5.41, 5.74) is 0.698. The van der Waals surface area contributed by atoms with E-state index in [1.54, 1.807) is 0 Å². The van der Waals surface area contributed by atoms with E-state index >= 15 is 0 Å². The number of carbonyl (C=O) groups is 1. The molecule has 1 aliphatic heterocycles. The Morgan fingerprint density at radius 1 is 1.50 bits per heavy atom. The van der Waals surface area contributed by atoms with Crippen molar-refractivity contribution in [2.45, 2.75) is 25.5 Å². The zero-order valence-electron chi connectivity index (χ0n) is 8.08. The summed E-state index contributed by atoms with van der Waals surface area (Å²) >= 11 is 0. The van der Waals surface area contributed by atoms with Crippen LogP contribution in [0.1, 0.15) is 24.0 Å². The highest BCUT2D eigenvalue weighted by Crippen LogP contribution is 2.28. The first kappa shape index (κ1) is 9.21. The van der Waals surface area contributed by atoms with Gasteiger partial charge in [-0.2, -0.15) is 0 Å². The maximum atomic E-state index is 11.0. The fourth-order valence-electron chi connectivity index (χ4n) is 1.77. The van der Waals surface area contributed by atoms with Gasteiger partial charge in [0.1, 0.15) is 0 Å². The lowest BCUT2D eigenvalue weighted by atomic mass is 9.99. The zero-order valence-corrected chi connectivity index (χ0v) is 8.08. The van der Waals surface area contributed by atoms with Gasteiger partial charge in [0, 0.05) is 18.4 Å². The van der Waals surface area contributed by atoms with E-state index < -0.39 is 5.72 Å². The van der Waals surface area contributed by atoms with Crippen LogP contribution in [0, 0.1) is 6.92 Å². The monoisotopic (exact) mass is 191 g/mol. The molecular weight excluding hydrogens is 178 g/mol. The summed E-state index contributed by atoms with van der Waals surface area (Å²) in [4.78, 5) is 11.0. The van der Waals surface area contributed by atoms with Crippen LogP contribution in [-0.4, -0.2) is 11.0 Å². The van der Waals surface area contributed by atoms with Crippen LogP contribution in [0.25, 0.3) is 0 Å². The molecule has 3 heteroatoms. The van der Waals surface area contributed by atoms with Crippen molar-refractivity contribution in [3.63, 3.8) is 0 Å². The number of amides is 1. The predicted octanol–water partition coefficient (Wildman–Crippen LogP) is 1.05. The van der Waals surface area contributed by atoms with Crippen LogP contribution in [0.2, 0.25) is 0 Å². The molecule has 74 valence electrons. The van der Waals surface area contributed by atoms with Gasteiger partial charge in [0.05, 0.1) is 0 Å². The number of carbonyl (C=O) groups excluding carboxylic acids is 1. The van der Waals surface area contributed by atoms with Crippen molar-refractivity contribution in [3.05, 3.63) is 35.4 Å². The average molecular weight is 191 g/mol. The summed E-state index contributed by atoms with van der Waals surface area (Å²) in [7, 11) is 0. The number of hydrogen-bond acceptors (Lipinski definition) is 2. The minimum Gasteiger partial charge on any atom is -0.367 e. The number of hydrogen-bond donors (Lipinski definition) is 2. The molecule has 0 saturated carbocycles. The quantitative estimate of drug-likeness (QED) is 0.697. The van der Waals surface area contributed by atoms with Crippen LogP contribution in [0.5, 0.6) is 0 Å². The van der Waals surface area contributed by atoms with Crippen molar-refractivity contribution in [3.8, 4) is 0 Å². The topological polar surface area (TPSA) is 49.3 Å². The zero-order chi connectivity index (χ0) is 10.2. The van der Waals surface area contributed by atoms with Gasteiger partial charge in [0.25, 0.3) is 0 Å². The van der Waals surface area contributed by atoms with Crippen molar-refractivity contribution >= 4 is 5.91 Å². The summed E-state index contributed by atoms with van der Waals surface area (Å²) in [6.45, 7) is 1.96. The smallest absolute Gasteiger partial charge is 0.222 e. The number of rotatable bonds is 1.